The van der Waals surface area contributed by atoms with Crippen LogP contribution in [-0.2, 0) is 0 Å². The van der Waals surface area contributed by atoms with E-state index >= 15 is 0 Å². The number of aliphatic imine (C=N–C) groups is 1. The third-order valence-corrected chi connectivity index (χ3v) is 1.52. The fraction of sp³-hybridized carbons (Fsp3) is 0.444. The molecule has 0 heterocycles. The molecule has 0 fully saturated rings. The van der Waals surface area contributed by atoms with E-state index in [9.17, 15) is 0 Å². The zero-order valence-electron chi connectivity index (χ0n) is 7.46. The molecule has 2 N–H and O–H groups in total. The van der Waals surface area contributed by atoms with Gasteiger partial charge in [0.25, 0.3) is 0 Å². The summed E-state index contributed by atoms with van der Waals surface area (Å²) in [4.78, 5) is 3.88. The van der Waals surface area contributed by atoms with Crippen molar-refractivity contribution in [1.29, 1.82) is 0 Å². The van der Waals surface area contributed by atoms with E-state index in [1.807, 2.05) is 0 Å². The van der Waals surface area contributed by atoms with E-state index in [0.29, 0.717) is 5.92 Å². The van der Waals surface area contributed by atoms with Gasteiger partial charge >= 0.3 is 0 Å². The molecule has 0 atom stereocenters. The molecule has 0 aliphatic carbocycles. The summed E-state index contributed by atoms with van der Waals surface area (Å²) in [7, 11) is 1.72. The van der Waals surface area contributed by atoms with Crippen LogP contribution in [0.1, 0.15) is 13.8 Å². The fourth-order valence-electron chi connectivity index (χ4n) is 0.705. The minimum atomic E-state index is 0.419. The summed E-state index contributed by atoms with van der Waals surface area (Å²) >= 11 is 0. The molecule has 11 heavy (non-hydrogen) atoms. The van der Waals surface area contributed by atoms with Crippen LogP contribution in [0.25, 0.3) is 0 Å². The van der Waals surface area contributed by atoms with Crippen molar-refractivity contribution in [1.82, 2.24) is 0 Å². The van der Waals surface area contributed by atoms with Crippen molar-refractivity contribution in [3.63, 3.8) is 0 Å². The molecule has 0 aromatic rings. The van der Waals surface area contributed by atoms with Crippen LogP contribution >= 0.6 is 0 Å². The second-order valence-electron chi connectivity index (χ2n) is 2.69. The van der Waals surface area contributed by atoms with Gasteiger partial charge in [-0.3, -0.25) is 4.99 Å². The maximum atomic E-state index is 5.38. The normalized spacial score (nSPS) is 12.9. The molecule has 0 aliphatic heterocycles. The second kappa shape index (κ2) is 4.72. The van der Waals surface area contributed by atoms with Crippen molar-refractivity contribution in [2.24, 2.45) is 16.6 Å². The van der Waals surface area contributed by atoms with Gasteiger partial charge < -0.3 is 5.73 Å². The molecule has 0 spiro atoms. The monoisotopic (exact) mass is 152 g/mol. The molecule has 2 nitrogen and oxygen atoms in total. The average Bonchev–Trinajstić information content (AvgIpc) is 1.98. The number of nitrogens with two attached hydrogens (primary N) is 1. The van der Waals surface area contributed by atoms with Crippen LogP contribution in [0.15, 0.2) is 28.9 Å². The van der Waals surface area contributed by atoms with Gasteiger partial charge in [0.15, 0.2) is 0 Å². The Morgan fingerprint density at radius 3 is 2.36 bits per heavy atom. The summed E-state index contributed by atoms with van der Waals surface area (Å²) < 4.78 is 0. The lowest BCUT2D eigenvalue weighted by molar-refractivity contribution is 0.789. The van der Waals surface area contributed by atoms with Crippen LogP contribution in [0, 0.1) is 5.92 Å². The number of nitrogens with zero attached hydrogens (tertiary/aromatic N) is 1. The average molecular weight is 152 g/mol. The Labute approximate surface area is 68.5 Å². The molecule has 0 amide bonds. The van der Waals surface area contributed by atoms with Crippen LogP contribution in [0.3, 0.4) is 0 Å². The lowest BCUT2D eigenvalue weighted by atomic mass is 9.98. The Balaban J connectivity index is 4.41. The van der Waals surface area contributed by atoms with Crippen LogP contribution in [0.4, 0.5) is 0 Å². The zero-order valence-corrected chi connectivity index (χ0v) is 7.46. The Morgan fingerprint density at radius 2 is 2.09 bits per heavy atom. The quantitative estimate of drug-likeness (QED) is 0.485. The molecule has 0 saturated carbocycles. The van der Waals surface area contributed by atoms with Gasteiger partial charge in [-0.2, -0.15) is 0 Å². The lowest BCUT2D eigenvalue weighted by Gasteiger charge is -2.08. The molecule has 0 aromatic carbocycles. The minimum absolute atomic E-state index is 0.419. The highest BCUT2D eigenvalue weighted by Gasteiger charge is 2.02. The van der Waals surface area contributed by atoms with Gasteiger partial charge in [0, 0.05) is 25.0 Å². The van der Waals surface area contributed by atoms with E-state index in [1.54, 1.807) is 13.3 Å². The highest BCUT2D eigenvalue weighted by Crippen LogP contribution is 2.14. The third-order valence-electron chi connectivity index (χ3n) is 1.52. The number of allylic oxidation sites excluding steroid dienone is 2. The van der Waals surface area contributed by atoms with Crippen molar-refractivity contribution >= 4 is 6.21 Å². The van der Waals surface area contributed by atoms with E-state index < -0.39 is 0 Å². The fourth-order valence-corrected chi connectivity index (χ4v) is 0.705. The number of hydrogen-bond donors (Lipinski definition) is 1. The van der Waals surface area contributed by atoms with Crippen LogP contribution in [0.5, 0.6) is 0 Å². The summed E-state index contributed by atoms with van der Waals surface area (Å²) in [5.74, 6) is 0.419. The maximum absolute atomic E-state index is 5.38. The first-order valence-electron chi connectivity index (χ1n) is 3.66. The molecule has 0 aliphatic rings. The van der Waals surface area contributed by atoms with Gasteiger partial charge in [-0.05, 0) is 11.5 Å². The molecule has 0 radical (unpaired) electrons. The highest BCUT2D eigenvalue weighted by atomic mass is 14.6. The summed E-state index contributed by atoms with van der Waals surface area (Å²) in [6, 6.07) is 0. The maximum Gasteiger partial charge on any atom is 0.0298 e. The van der Waals surface area contributed by atoms with E-state index in [4.69, 9.17) is 5.73 Å². The Kier molecular flexibility index (Phi) is 4.27. The second-order valence-corrected chi connectivity index (χ2v) is 2.69. The van der Waals surface area contributed by atoms with Crippen molar-refractivity contribution in [3.8, 4) is 0 Å². The van der Waals surface area contributed by atoms with Gasteiger partial charge in [-0.15, -0.1) is 0 Å². The first-order valence-corrected chi connectivity index (χ1v) is 3.66. The van der Waals surface area contributed by atoms with Gasteiger partial charge in [-0.1, -0.05) is 20.4 Å². The van der Waals surface area contributed by atoms with E-state index in [1.165, 1.54) is 6.20 Å². The van der Waals surface area contributed by atoms with Gasteiger partial charge in [0.05, 0.1) is 0 Å². The zero-order chi connectivity index (χ0) is 8.85. The van der Waals surface area contributed by atoms with Crippen LogP contribution in [0.2, 0.25) is 0 Å². The lowest BCUT2D eigenvalue weighted by Crippen LogP contribution is -2.00. The van der Waals surface area contributed by atoms with Gasteiger partial charge in [0.2, 0.25) is 0 Å². The van der Waals surface area contributed by atoms with Crippen molar-refractivity contribution in [2.75, 3.05) is 7.05 Å². The topological polar surface area (TPSA) is 38.4 Å². The number of rotatable bonds is 3. The van der Waals surface area contributed by atoms with Crippen LogP contribution in [-0.4, -0.2) is 13.3 Å². The molecule has 0 unspecified atom stereocenters. The van der Waals surface area contributed by atoms with Crippen molar-refractivity contribution < 1.29 is 0 Å². The van der Waals surface area contributed by atoms with Crippen LogP contribution < -0.4 is 5.73 Å². The van der Waals surface area contributed by atoms with E-state index in [-0.39, 0.29) is 0 Å². The van der Waals surface area contributed by atoms with Gasteiger partial charge in [0.1, 0.15) is 0 Å². The molecular weight excluding hydrogens is 136 g/mol. The number of hydrogen-bond acceptors (Lipinski definition) is 2. The van der Waals surface area contributed by atoms with Gasteiger partial charge in [-0.25, -0.2) is 0 Å². The molecule has 0 saturated heterocycles. The molecular formula is C9H16N2. The first kappa shape index (κ1) is 9.95. The standard InChI is InChI=1S/C9H16N2/c1-7(2)8(3)9(5-10)6-11-4/h5-7H,3,10H2,1-2,4H3/b9-5+,11-6?. The minimum Gasteiger partial charge on any atom is -0.404 e. The predicted octanol–water partition coefficient (Wildman–Crippen LogP) is 1.74. The Morgan fingerprint density at radius 1 is 1.55 bits per heavy atom. The van der Waals surface area contributed by atoms with Crippen molar-refractivity contribution in [2.45, 2.75) is 13.8 Å². The Hall–Kier alpha value is -1.05. The van der Waals surface area contributed by atoms with Crippen molar-refractivity contribution in [3.05, 3.63) is 23.9 Å². The summed E-state index contributed by atoms with van der Waals surface area (Å²) in [6.07, 6.45) is 3.26. The molecule has 2 heteroatoms. The molecule has 0 aromatic heterocycles. The highest BCUT2D eigenvalue weighted by molar-refractivity contribution is 5.84. The summed E-state index contributed by atoms with van der Waals surface area (Å²) in [5.41, 5.74) is 7.33. The largest absolute Gasteiger partial charge is 0.404 e. The smallest absolute Gasteiger partial charge is 0.0298 e. The molecule has 62 valence electrons. The summed E-state index contributed by atoms with van der Waals surface area (Å²) in [6.45, 7) is 8.06. The Bertz CT molecular complexity index is 188. The van der Waals surface area contributed by atoms with E-state index in [2.05, 4.69) is 25.4 Å². The SMILES string of the molecule is C=C(/C(C=NC)=C/N)C(C)C. The molecule has 0 rings (SSSR count). The summed E-state index contributed by atoms with van der Waals surface area (Å²) in [5, 5.41) is 0. The third kappa shape index (κ3) is 3.03. The predicted molar refractivity (Wildman–Crippen MR) is 50.7 cm³/mol. The first-order chi connectivity index (χ1) is 5.13. The molecule has 0 bridgehead atoms. The van der Waals surface area contributed by atoms with E-state index in [0.717, 1.165) is 11.1 Å².